The van der Waals surface area contributed by atoms with Gasteiger partial charge in [-0.05, 0) is 71.3 Å². The molecule has 0 aliphatic heterocycles. The van der Waals surface area contributed by atoms with E-state index in [9.17, 15) is 5.11 Å². The smallest absolute Gasteiger partial charge is 0.0696 e. The third kappa shape index (κ3) is 2.54. The van der Waals surface area contributed by atoms with Gasteiger partial charge in [0, 0.05) is 15.8 Å². The fourth-order valence-corrected chi connectivity index (χ4v) is 5.43. The Morgan fingerprint density at radius 1 is 1.11 bits per heavy atom. The van der Waals surface area contributed by atoms with E-state index in [-0.39, 0.29) is 0 Å². The van der Waals surface area contributed by atoms with E-state index >= 15 is 0 Å². The molecule has 0 saturated heterocycles. The molecule has 3 heteroatoms. The molecule has 1 nitrogen and oxygen atoms in total. The molecule has 0 aromatic carbocycles. The van der Waals surface area contributed by atoms with Crippen molar-refractivity contribution >= 4 is 27.3 Å². The van der Waals surface area contributed by atoms with Crippen molar-refractivity contribution in [3.05, 3.63) is 20.8 Å². The lowest BCUT2D eigenvalue weighted by molar-refractivity contribution is -0.0317. The summed E-state index contributed by atoms with van der Waals surface area (Å²) in [6.07, 6.45) is 11.0. The Morgan fingerprint density at radius 3 is 2.33 bits per heavy atom. The second kappa shape index (κ2) is 4.92. The minimum absolute atomic E-state index is 0.443. The van der Waals surface area contributed by atoms with Crippen molar-refractivity contribution in [1.29, 1.82) is 0 Å². The van der Waals surface area contributed by atoms with Crippen molar-refractivity contribution in [3.63, 3.8) is 0 Å². The maximum Gasteiger partial charge on any atom is 0.0696 e. The predicted molar refractivity (Wildman–Crippen MR) is 80.0 cm³/mol. The SMILES string of the molecule is OC1(Cc2sccc2Br)CCC2(CCCC2)CC1. The summed E-state index contributed by atoms with van der Waals surface area (Å²) >= 11 is 5.33. The summed E-state index contributed by atoms with van der Waals surface area (Å²) in [6, 6.07) is 2.09. The zero-order valence-corrected chi connectivity index (χ0v) is 13.2. The lowest BCUT2D eigenvalue weighted by Gasteiger charge is -2.42. The van der Waals surface area contributed by atoms with Crippen molar-refractivity contribution in [1.82, 2.24) is 0 Å². The Balaban J connectivity index is 1.65. The van der Waals surface area contributed by atoms with E-state index in [4.69, 9.17) is 0 Å². The number of rotatable bonds is 2. The van der Waals surface area contributed by atoms with Gasteiger partial charge in [0.15, 0.2) is 0 Å². The highest BCUT2D eigenvalue weighted by atomic mass is 79.9. The van der Waals surface area contributed by atoms with Crippen LogP contribution in [0.25, 0.3) is 0 Å². The Morgan fingerprint density at radius 2 is 1.78 bits per heavy atom. The second-order valence-corrected chi connectivity index (χ2v) is 8.15. The Hall–Kier alpha value is 0.140. The van der Waals surface area contributed by atoms with Crippen LogP contribution in [0.1, 0.15) is 56.2 Å². The van der Waals surface area contributed by atoms with Crippen LogP contribution < -0.4 is 0 Å². The van der Waals surface area contributed by atoms with Gasteiger partial charge in [0.2, 0.25) is 0 Å². The van der Waals surface area contributed by atoms with Crippen molar-refractivity contribution < 1.29 is 5.11 Å². The van der Waals surface area contributed by atoms with Gasteiger partial charge in [0.05, 0.1) is 5.60 Å². The van der Waals surface area contributed by atoms with Crippen molar-refractivity contribution in [2.24, 2.45) is 5.41 Å². The molecule has 1 aromatic rings. The molecule has 1 spiro atoms. The normalized spacial score (nSPS) is 25.7. The zero-order chi connectivity index (χ0) is 12.6. The number of hydrogen-bond donors (Lipinski definition) is 1. The molecule has 100 valence electrons. The highest BCUT2D eigenvalue weighted by molar-refractivity contribution is 9.10. The second-order valence-electron chi connectivity index (χ2n) is 6.30. The average molecular weight is 329 g/mol. The number of thiophene rings is 1. The Kier molecular flexibility index (Phi) is 3.59. The summed E-state index contributed by atoms with van der Waals surface area (Å²) in [5.41, 5.74) is 0.167. The lowest BCUT2D eigenvalue weighted by atomic mass is 9.67. The summed E-state index contributed by atoms with van der Waals surface area (Å²) in [7, 11) is 0. The molecule has 0 bridgehead atoms. The van der Waals surface area contributed by atoms with Gasteiger partial charge in [-0.2, -0.15) is 0 Å². The standard InChI is InChI=1S/C15H21BrOS/c16-12-3-10-18-13(12)11-15(17)8-6-14(7-9-15)4-1-2-5-14/h3,10,17H,1-2,4-9,11H2. The number of halogens is 1. The topological polar surface area (TPSA) is 20.2 Å². The summed E-state index contributed by atoms with van der Waals surface area (Å²) < 4.78 is 1.17. The van der Waals surface area contributed by atoms with E-state index in [1.54, 1.807) is 11.3 Å². The molecule has 2 aliphatic carbocycles. The van der Waals surface area contributed by atoms with E-state index in [1.807, 2.05) is 0 Å². The fraction of sp³-hybridized carbons (Fsp3) is 0.733. The minimum Gasteiger partial charge on any atom is -0.390 e. The van der Waals surface area contributed by atoms with Gasteiger partial charge >= 0.3 is 0 Å². The van der Waals surface area contributed by atoms with E-state index in [0.717, 1.165) is 19.3 Å². The van der Waals surface area contributed by atoms with Crippen LogP contribution in [0.2, 0.25) is 0 Å². The van der Waals surface area contributed by atoms with Crippen LogP contribution in [0.4, 0.5) is 0 Å². The van der Waals surface area contributed by atoms with E-state index in [1.165, 1.54) is 47.9 Å². The number of hydrogen-bond acceptors (Lipinski definition) is 2. The third-order valence-corrected chi connectivity index (χ3v) is 7.01. The van der Waals surface area contributed by atoms with Crippen molar-refractivity contribution in [3.8, 4) is 0 Å². The van der Waals surface area contributed by atoms with Crippen LogP contribution in [0.5, 0.6) is 0 Å². The molecule has 18 heavy (non-hydrogen) atoms. The molecular formula is C15H21BrOS. The molecule has 0 radical (unpaired) electrons. The van der Waals surface area contributed by atoms with Crippen LogP contribution in [-0.2, 0) is 6.42 Å². The molecule has 1 N–H and O–H groups in total. The summed E-state index contributed by atoms with van der Waals surface area (Å²) in [5, 5.41) is 12.9. The Labute approximate surface area is 122 Å². The first-order valence-electron chi connectivity index (χ1n) is 7.05. The molecule has 0 unspecified atom stereocenters. The fourth-order valence-electron chi connectivity index (χ4n) is 3.80. The van der Waals surface area contributed by atoms with E-state index < -0.39 is 5.60 Å². The Bertz CT molecular complexity index is 410. The van der Waals surface area contributed by atoms with E-state index in [0.29, 0.717) is 5.41 Å². The highest BCUT2D eigenvalue weighted by Crippen LogP contribution is 2.52. The van der Waals surface area contributed by atoms with Gasteiger partial charge in [0.1, 0.15) is 0 Å². The first kappa shape index (κ1) is 13.1. The molecule has 0 amide bonds. The van der Waals surface area contributed by atoms with Crippen LogP contribution in [0.15, 0.2) is 15.9 Å². The zero-order valence-electron chi connectivity index (χ0n) is 10.8. The van der Waals surface area contributed by atoms with Gasteiger partial charge in [-0.3, -0.25) is 0 Å². The van der Waals surface area contributed by atoms with Gasteiger partial charge in [-0.15, -0.1) is 11.3 Å². The first-order valence-corrected chi connectivity index (χ1v) is 8.73. The first-order chi connectivity index (χ1) is 8.61. The molecule has 0 atom stereocenters. The van der Waals surface area contributed by atoms with Gasteiger partial charge in [-0.25, -0.2) is 0 Å². The summed E-state index contributed by atoms with van der Waals surface area (Å²) in [5.74, 6) is 0. The lowest BCUT2D eigenvalue weighted by Crippen LogP contribution is -2.39. The summed E-state index contributed by atoms with van der Waals surface area (Å²) in [4.78, 5) is 1.31. The maximum absolute atomic E-state index is 10.8. The van der Waals surface area contributed by atoms with Crippen LogP contribution in [-0.4, -0.2) is 10.7 Å². The molecule has 2 fully saturated rings. The quantitative estimate of drug-likeness (QED) is 0.817. The molecule has 1 heterocycles. The molecule has 3 rings (SSSR count). The average Bonchev–Trinajstić information content (AvgIpc) is 2.96. The van der Waals surface area contributed by atoms with Gasteiger partial charge < -0.3 is 5.11 Å². The number of aliphatic hydroxyl groups is 1. The van der Waals surface area contributed by atoms with E-state index in [2.05, 4.69) is 27.4 Å². The molecule has 1 aromatic heterocycles. The third-order valence-electron chi connectivity index (χ3n) is 5.09. The molecular weight excluding hydrogens is 308 g/mol. The van der Waals surface area contributed by atoms with Crippen LogP contribution >= 0.6 is 27.3 Å². The van der Waals surface area contributed by atoms with Crippen molar-refractivity contribution in [2.45, 2.75) is 63.4 Å². The van der Waals surface area contributed by atoms with Crippen LogP contribution in [0, 0.1) is 5.41 Å². The van der Waals surface area contributed by atoms with Crippen LogP contribution in [0.3, 0.4) is 0 Å². The summed E-state index contributed by atoms with van der Waals surface area (Å²) in [6.45, 7) is 0. The van der Waals surface area contributed by atoms with Gasteiger partial charge in [-0.1, -0.05) is 12.8 Å². The minimum atomic E-state index is -0.443. The largest absolute Gasteiger partial charge is 0.390 e. The van der Waals surface area contributed by atoms with Crippen molar-refractivity contribution in [2.75, 3.05) is 0 Å². The monoisotopic (exact) mass is 328 g/mol. The predicted octanol–water partition coefficient (Wildman–Crippen LogP) is 4.92. The van der Waals surface area contributed by atoms with Gasteiger partial charge in [0.25, 0.3) is 0 Å². The maximum atomic E-state index is 10.8. The molecule has 2 aliphatic rings. The highest BCUT2D eigenvalue weighted by Gasteiger charge is 2.43. The molecule has 2 saturated carbocycles.